The Morgan fingerprint density at radius 1 is 0.935 bits per heavy atom. The smallest absolute Gasteiger partial charge is 0.244 e. The molecule has 2 aliphatic rings. The van der Waals surface area contributed by atoms with Crippen LogP contribution in [0.3, 0.4) is 0 Å². The molecule has 1 saturated heterocycles. The normalized spacial score (nSPS) is 21.6. The van der Waals surface area contributed by atoms with Crippen molar-refractivity contribution in [3.05, 3.63) is 107 Å². The van der Waals surface area contributed by atoms with Crippen LogP contribution < -0.4 is 4.90 Å². The quantitative estimate of drug-likeness (QED) is 0.517. The Balaban J connectivity index is 1.69. The van der Waals surface area contributed by atoms with Crippen molar-refractivity contribution in [3.8, 4) is 0 Å². The van der Waals surface area contributed by atoms with E-state index >= 15 is 0 Å². The number of hydrogen-bond donors (Lipinski definition) is 0. The standard InChI is InChI=1S/C27H25ClN2O/c1-26(2)22-13-7-9-15-24(22)29-19-25(31)30(18-20-10-4-3-5-11-20)27(26,29)17-16-21-12-6-8-14-23(21)28/h3-17H,18-19H2,1-2H3/b17-16+. The van der Waals surface area contributed by atoms with Gasteiger partial charge in [-0.3, -0.25) is 4.79 Å². The van der Waals surface area contributed by atoms with Crippen LogP contribution in [-0.4, -0.2) is 23.0 Å². The first-order chi connectivity index (χ1) is 14.9. The van der Waals surface area contributed by atoms with Crippen molar-refractivity contribution in [2.24, 2.45) is 0 Å². The maximum Gasteiger partial charge on any atom is 0.244 e. The van der Waals surface area contributed by atoms with Crippen LogP contribution >= 0.6 is 11.6 Å². The molecule has 0 radical (unpaired) electrons. The van der Waals surface area contributed by atoms with Gasteiger partial charge in [0.25, 0.3) is 0 Å². The molecule has 156 valence electrons. The molecule has 0 saturated carbocycles. The summed E-state index contributed by atoms with van der Waals surface area (Å²) in [5, 5.41) is 0.703. The zero-order valence-electron chi connectivity index (χ0n) is 17.8. The number of rotatable bonds is 4. The summed E-state index contributed by atoms with van der Waals surface area (Å²) < 4.78 is 0. The van der Waals surface area contributed by atoms with Crippen molar-refractivity contribution in [1.82, 2.24) is 4.90 Å². The molecule has 5 rings (SSSR count). The van der Waals surface area contributed by atoms with Gasteiger partial charge in [-0.15, -0.1) is 0 Å². The maximum absolute atomic E-state index is 13.4. The number of nitrogens with zero attached hydrogens (tertiary/aromatic N) is 2. The highest BCUT2D eigenvalue weighted by Gasteiger charge is 2.63. The number of carbonyl (C=O) groups excluding carboxylic acids is 1. The highest BCUT2D eigenvalue weighted by atomic mass is 35.5. The lowest BCUT2D eigenvalue weighted by molar-refractivity contribution is -0.131. The summed E-state index contributed by atoms with van der Waals surface area (Å²) in [5.41, 5.74) is 3.51. The SMILES string of the molecule is CC1(C)c2ccccc2N2CC(=O)N(Cc3ccccc3)C21/C=C/c1ccccc1Cl. The van der Waals surface area contributed by atoms with Crippen LogP contribution in [0.4, 0.5) is 5.69 Å². The molecule has 2 heterocycles. The maximum atomic E-state index is 13.4. The van der Waals surface area contributed by atoms with E-state index in [0.29, 0.717) is 18.1 Å². The van der Waals surface area contributed by atoms with Gasteiger partial charge in [-0.25, -0.2) is 0 Å². The molecule has 31 heavy (non-hydrogen) atoms. The molecule has 3 aromatic rings. The lowest BCUT2D eigenvalue weighted by atomic mass is 9.74. The van der Waals surface area contributed by atoms with Gasteiger partial charge >= 0.3 is 0 Å². The Morgan fingerprint density at radius 3 is 2.39 bits per heavy atom. The fourth-order valence-corrected chi connectivity index (χ4v) is 5.43. The molecular weight excluding hydrogens is 404 g/mol. The first-order valence-electron chi connectivity index (χ1n) is 10.6. The molecular formula is C27H25ClN2O. The molecule has 1 amide bonds. The van der Waals surface area contributed by atoms with Gasteiger partial charge < -0.3 is 9.80 Å². The van der Waals surface area contributed by atoms with E-state index in [1.807, 2.05) is 53.4 Å². The Morgan fingerprint density at radius 2 is 1.61 bits per heavy atom. The van der Waals surface area contributed by atoms with Crippen molar-refractivity contribution in [2.75, 3.05) is 11.4 Å². The molecule has 0 bridgehead atoms. The summed E-state index contributed by atoms with van der Waals surface area (Å²) in [7, 11) is 0. The molecule has 0 aromatic heterocycles. The molecule has 1 fully saturated rings. The van der Waals surface area contributed by atoms with Gasteiger partial charge in [0.1, 0.15) is 5.66 Å². The summed E-state index contributed by atoms with van der Waals surface area (Å²) in [6.07, 6.45) is 4.25. The van der Waals surface area contributed by atoms with Gasteiger partial charge in [-0.1, -0.05) is 98.3 Å². The molecule has 3 aromatic carbocycles. The predicted molar refractivity (Wildman–Crippen MR) is 127 cm³/mol. The first-order valence-corrected chi connectivity index (χ1v) is 11.0. The van der Waals surface area contributed by atoms with Crippen molar-refractivity contribution >= 4 is 29.3 Å². The molecule has 1 atom stereocenters. The molecule has 0 aliphatic carbocycles. The number of hydrogen-bond acceptors (Lipinski definition) is 2. The molecule has 3 nitrogen and oxygen atoms in total. The molecule has 1 unspecified atom stereocenters. The third-order valence-electron chi connectivity index (χ3n) is 6.79. The fourth-order valence-electron chi connectivity index (χ4n) is 5.24. The number of anilines is 1. The topological polar surface area (TPSA) is 23.6 Å². The zero-order valence-corrected chi connectivity index (χ0v) is 18.5. The van der Waals surface area contributed by atoms with Crippen LogP contribution in [-0.2, 0) is 16.8 Å². The average Bonchev–Trinajstić information content (AvgIpc) is 3.16. The summed E-state index contributed by atoms with van der Waals surface area (Å²) in [5.74, 6) is 0.134. The van der Waals surface area contributed by atoms with Crippen molar-refractivity contribution in [1.29, 1.82) is 0 Å². The molecule has 4 heteroatoms. The minimum atomic E-state index is -0.622. The number of carbonyl (C=O) groups is 1. The van der Waals surface area contributed by atoms with E-state index < -0.39 is 5.66 Å². The lowest BCUT2D eigenvalue weighted by Crippen LogP contribution is -2.60. The number of amides is 1. The molecule has 0 spiro atoms. The predicted octanol–water partition coefficient (Wildman–Crippen LogP) is 5.89. The van der Waals surface area contributed by atoms with Crippen molar-refractivity contribution in [3.63, 3.8) is 0 Å². The second-order valence-corrected chi connectivity index (χ2v) is 9.18. The number of halogens is 1. The highest BCUT2D eigenvalue weighted by molar-refractivity contribution is 6.32. The largest absolute Gasteiger partial charge is 0.335 e. The Bertz CT molecular complexity index is 1170. The minimum Gasteiger partial charge on any atom is -0.335 e. The summed E-state index contributed by atoms with van der Waals surface area (Å²) >= 11 is 6.46. The van der Waals surface area contributed by atoms with E-state index in [1.54, 1.807) is 0 Å². The van der Waals surface area contributed by atoms with E-state index in [4.69, 9.17) is 11.6 Å². The van der Waals surface area contributed by atoms with Crippen molar-refractivity contribution in [2.45, 2.75) is 31.5 Å². The van der Waals surface area contributed by atoms with Gasteiger partial charge in [0.05, 0.1) is 6.54 Å². The third-order valence-corrected chi connectivity index (χ3v) is 7.13. The fraction of sp³-hybridized carbons (Fsp3) is 0.222. The Labute approximate surface area is 188 Å². The van der Waals surface area contributed by atoms with Crippen LogP contribution in [0.15, 0.2) is 84.9 Å². The lowest BCUT2D eigenvalue weighted by Gasteiger charge is -2.46. The number of para-hydroxylation sites is 1. The van der Waals surface area contributed by atoms with E-state index in [2.05, 4.69) is 61.2 Å². The first kappa shape index (κ1) is 19.9. The van der Waals surface area contributed by atoms with Crippen LogP contribution in [0, 0.1) is 0 Å². The van der Waals surface area contributed by atoms with E-state index in [9.17, 15) is 4.79 Å². The van der Waals surface area contributed by atoms with E-state index in [0.717, 1.165) is 16.8 Å². The van der Waals surface area contributed by atoms with Gasteiger partial charge in [0.15, 0.2) is 0 Å². The van der Waals surface area contributed by atoms with Gasteiger partial charge in [0.2, 0.25) is 5.91 Å². The number of benzene rings is 3. The van der Waals surface area contributed by atoms with Crippen molar-refractivity contribution < 1.29 is 4.79 Å². The summed E-state index contributed by atoms with van der Waals surface area (Å²) in [6.45, 7) is 5.39. The monoisotopic (exact) mass is 428 g/mol. The average molecular weight is 429 g/mol. The summed E-state index contributed by atoms with van der Waals surface area (Å²) in [6, 6.07) is 26.5. The molecule has 2 aliphatic heterocycles. The van der Waals surface area contributed by atoms with E-state index in [-0.39, 0.29) is 11.3 Å². The van der Waals surface area contributed by atoms with Gasteiger partial charge in [-0.05, 0) is 34.9 Å². The summed E-state index contributed by atoms with van der Waals surface area (Å²) in [4.78, 5) is 17.7. The Hall–Kier alpha value is -3.04. The van der Waals surface area contributed by atoms with Crippen LogP contribution in [0.1, 0.15) is 30.5 Å². The Kier molecular flexibility index (Phi) is 4.67. The third kappa shape index (κ3) is 2.91. The van der Waals surface area contributed by atoms with Crippen LogP contribution in [0.5, 0.6) is 0 Å². The van der Waals surface area contributed by atoms with E-state index in [1.165, 1.54) is 5.56 Å². The zero-order chi connectivity index (χ0) is 21.6. The second kappa shape index (κ2) is 7.28. The highest BCUT2D eigenvalue weighted by Crippen LogP contribution is 2.56. The number of fused-ring (bicyclic) bond motifs is 3. The minimum absolute atomic E-state index is 0.134. The van der Waals surface area contributed by atoms with Gasteiger partial charge in [0, 0.05) is 22.7 Å². The van der Waals surface area contributed by atoms with Crippen LogP contribution in [0.25, 0.3) is 6.08 Å². The molecule has 0 N–H and O–H groups in total. The van der Waals surface area contributed by atoms with Crippen LogP contribution in [0.2, 0.25) is 5.02 Å². The second-order valence-electron chi connectivity index (χ2n) is 8.77. The van der Waals surface area contributed by atoms with Gasteiger partial charge in [-0.2, -0.15) is 0 Å².